The van der Waals surface area contributed by atoms with Gasteiger partial charge in [-0.2, -0.15) is 0 Å². The summed E-state index contributed by atoms with van der Waals surface area (Å²) in [6.45, 7) is 4.33. The zero-order valence-corrected chi connectivity index (χ0v) is 17.1. The van der Waals surface area contributed by atoms with Gasteiger partial charge in [0.1, 0.15) is 6.61 Å². The molecule has 1 aromatic heterocycles. The van der Waals surface area contributed by atoms with E-state index in [0.29, 0.717) is 25.5 Å². The van der Waals surface area contributed by atoms with Gasteiger partial charge in [-0.15, -0.1) is 0 Å². The van der Waals surface area contributed by atoms with Gasteiger partial charge in [0.05, 0.1) is 13.4 Å². The van der Waals surface area contributed by atoms with E-state index in [0.717, 1.165) is 42.3 Å². The summed E-state index contributed by atoms with van der Waals surface area (Å²) in [6, 6.07) is 19.6. The van der Waals surface area contributed by atoms with E-state index in [1.54, 1.807) is 19.2 Å². The van der Waals surface area contributed by atoms with E-state index in [-0.39, 0.29) is 5.91 Å². The fourth-order valence-corrected chi connectivity index (χ4v) is 3.59. The van der Waals surface area contributed by atoms with Crippen LogP contribution in [0, 0.1) is 0 Å². The molecule has 4 rings (SSSR count). The van der Waals surface area contributed by atoms with E-state index >= 15 is 0 Å². The number of benzene rings is 2. The number of carbonyl (C=O) groups excluding carboxylic acids is 1. The summed E-state index contributed by atoms with van der Waals surface area (Å²) < 4.78 is 16.7. The number of rotatable bonds is 7. The smallest absolute Gasteiger partial charge is 0.289 e. The summed E-state index contributed by atoms with van der Waals surface area (Å²) >= 11 is 0. The van der Waals surface area contributed by atoms with Gasteiger partial charge in [0, 0.05) is 32.7 Å². The lowest BCUT2D eigenvalue weighted by Crippen LogP contribution is -2.48. The second-order valence-electron chi connectivity index (χ2n) is 7.31. The lowest BCUT2D eigenvalue weighted by Gasteiger charge is -2.34. The molecule has 1 fully saturated rings. The molecule has 6 nitrogen and oxygen atoms in total. The van der Waals surface area contributed by atoms with Crippen molar-refractivity contribution in [2.24, 2.45) is 0 Å². The predicted molar refractivity (Wildman–Crippen MR) is 114 cm³/mol. The molecular formula is C24H26N2O4. The van der Waals surface area contributed by atoms with Crippen molar-refractivity contribution in [3.63, 3.8) is 0 Å². The molecule has 0 unspecified atom stereocenters. The molecule has 0 N–H and O–H groups in total. The SMILES string of the molecule is COc1cc(CN2CCN(C(=O)c3ccco3)CC2)ccc1OCc1ccccc1. The van der Waals surface area contributed by atoms with Crippen LogP contribution in [0.1, 0.15) is 21.7 Å². The van der Waals surface area contributed by atoms with Crippen LogP contribution in [0.15, 0.2) is 71.3 Å². The molecule has 2 aromatic carbocycles. The molecule has 1 saturated heterocycles. The minimum Gasteiger partial charge on any atom is -0.493 e. The fourth-order valence-electron chi connectivity index (χ4n) is 3.59. The Labute approximate surface area is 176 Å². The second-order valence-corrected chi connectivity index (χ2v) is 7.31. The van der Waals surface area contributed by atoms with E-state index < -0.39 is 0 Å². The maximum absolute atomic E-state index is 12.4. The third-order valence-corrected chi connectivity index (χ3v) is 5.26. The van der Waals surface area contributed by atoms with Gasteiger partial charge < -0.3 is 18.8 Å². The number of hydrogen-bond acceptors (Lipinski definition) is 5. The highest BCUT2D eigenvalue weighted by molar-refractivity contribution is 5.91. The lowest BCUT2D eigenvalue weighted by molar-refractivity contribution is 0.0597. The van der Waals surface area contributed by atoms with E-state index in [1.165, 1.54) is 6.26 Å². The van der Waals surface area contributed by atoms with Crippen LogP contribution in [0.2, 0.25) is 0 Å². The second kappa shape index (κ2) is 9.50. The molecule has 0 saturated carbocycles. The number of amides is 1. The number of piperazine rings is 1. The minimum absolute atomic E-state index is 0.0405. The first kappa shape index (κ1) is 20.0. The molecule has 156 valence electrons. The van der Waals surface area contributed by atoms with Crippen molar-refractivity contribution in [2.75, 3.05) is 33.3 Å². The van der Waals surface area contributed by atoms with Crippen molar-refractivity contribution in [1.82, 2.24) is 9.80 Å². The molecule has 3 aromatic rings. The summed E-state index contributed by atoms with van der Waals surface area (Å²) in [6.07, 6.45) is 1.53. The van der Waals surface area contributed by atoms with Gasteiger partial charge in [0.2, 0.25) is 0 Å². The Balaban J connectivity index is 1.32. The zero-order valence-electron chi connectivity index (χ0n) is 17.1. The Kier molecular flexibility index (Phi) is 6.35. The van der Waals surface area contributed by atoms with Crippen LogP contribution in [0.5, 0.6) is 11.5 Å². The van der Waals surface area contributed by atoms with Crippen molar-refractivity contribution in [3.8, 4) is 11.5 Å². The Morgan fingerprint density at radius 1 is 0.933 bits per heavy atom. The number of hydrogen-bond donors (Lipinski definition) is 0. The first-order valence-electron chi connectivity index (χ1n) is 10.1. The monoisotopic (exact) mass is 406 g/mol. The van der Waals surface area contributed by atoms with E-state index in [4.69, 9.17) is 13.9 Å². The molecule has 30 heavy (non-hydrogen) atoms. The van der Waals surface area contributed by atoms with Crippen LogP contribution in [-0.4, -0.2) is 49.0 Å². The van der Waals surface area contributed by atoms with Crippen molar-refractivity contribution in [3.05, 3.63) is 83.8 Å². The quantitative estimate of drug-likeness (QED) is 0.597. The summed E-state index contributed by atoms with van der Waals surface area (Å²) in [5, 5.41) is 0. The zero-order chi connectivity index (χ0) is 20.8. The normalized spacial score (nSPS) is 14.5. The standard InChI is InChI=1S/C24H26N2O4/c1-28-23-16-20(9-10-21(23)30-18-19-6-3-2-4-7-19)17-25-11-13-26(14-12-25)24(27)22-8-5-15-29-22/h2-10,15-16H,11-14,17-18H2,1H3. The highest BCUT2D eigenvalue weighted by Crippen LogP contribution is 2.29. The maximum Gasteiger partial charge on any atom is 0.289 e. The number of methoxy groups -OCH3 is 1. The Bertz CT molecular complexity index is 949. The summed E-state index contributed by atoms with van der Waals surface area (Å²) in [5.74, 6) is 1.83. The summed E-state index contributed by atoms with van der Waals surface area (Å²) in [7, 11) is 1.66. The van der Waals surface area contributed by atoms with Gasteiger partial charge in [-0.05, 0) is 35.4 Å². The van der Waals surface area contributed by atoms with Gasteiger partial charge in [0.25, 0.3) is 5.91 Å². The van der Waals surface area contributed by atoms with Gasteiger partial charge in [-0.1, -0.05) is 36.4 Å². The molecule has 6 heteroatoms. The predicted octanol–water partition coefficient (Wildman–Crippen LogP) is 3.83. The van der Waals surface area contributed by atoms with E-state index in [2.05, 4.69) is 11.0 Å². The number of nitrogens with zero attached hydrogens (tertiary/aromatic N) is 2. The number of furan rings is 1. The van der Waals surface area contributed by atoms with E-state index in [1.807, 2.05) is 47.4 Å². The topological polar surface area (TPSA) is 55.2 Å². The molecular weight excluding hydrogens is 380 g/mol. The Hall–Kier alpha value is -3.25. The Morgan fingerprint density at radius 3 is 2.43 bits per heavy atom. The molecule has 0 aliphatic carbocycles. The molecule has 0 bridgehead atoms. The minimum atomic E-state index is -0.0405. The summed E-state index contributed by atoms with van der Waals surface area (Å²) in [4.78, 5) is 16.6. The summed E-state index contributed by atoms with van der Waals surface area (Å²) in [5.41, 5.74) is 2.27. The average molecular weight is 406 g/mol. The first-order valence-corrected chi connectivity index (χ1v) is 10.1. The fraction of sp³-hybridized carbons (Fsp3) is 0.292. The molecule has 1 amide bonds. The van der Waals surface area contributed by atoms with Crippen LogP contribution in [0.25, 0.3) is 0 Å². The third kappa shape index (κ3) is 4.83. The molecule has 2 heterocycles. The average Bonchev–Trinajstić information content (AvgIpc) is 3.34. The van der Waals surface area contributed by atoms with Crippen LogP contribution in [0.3, 0.4) is 0 Å². The highest BCUT2D eigenvalue weighted by atomic mass is 16.5. The van der Waals surface area contributed by atoms with Crippen LogP contribution >= 0.6 is 0 Å². The molecule has 0 radical (unpaired) electrons. The van der Waals surface area contributed by atoms with Crippen molar-refractivity contribution in [1.29, 1.82) is 0 Å². The van der Waals surface area contributed by atoms with Crippen molar-refractivity contribution < 1.29 is 18.7 Å². The number of ether oxygens (including phenoxy) is 2. The largest absolute Gasteiger partial charge is 0.493 e. The molecule has 1 aliphatic rings. The van der Waals surface area contributed by atoms with Gasteiger partial charge in [-0.3, -0.25) is 9.69 Å². The van der Waals surface area contributed by atoms with Crippen LogP contribution in [-0.2, 0) is 13.2 Å². The van der Waals surface area contributed by atoms with Gasteiger partial charge >= 0.3 is 0 Å². The number of carbonyl (C=O) groups is 1. The van der Waals surface area contributed by atoms with Crippen molar-refractivity contribution in [2.45, 2.75) is 13.2 Å². The molecule has 0 spiro atoms. The maximum atomic E-state index is 12.4. The van der Waals surface area contributed by atoms with Gasteiger partial charge in [-0.25, -0.2) is 0 Å². The van der Waals surface area contributed by atoms with E-state index in [9.17, 15) is 4.79 Å². The van der Waals surface area contributed by atoms with Crippen molar-refractivity contribution >= 4 is 5.91 Å². The van der Waals surface area contributed by atoms with Gasteiger partial charge in [0.15, 0.2) is 17.3 Å². The van der Waals surface area contributed by atoms with Crippen LogP contribution in [0.4, 0.5) is 0 Å². The van der Waals surface area contributed by atoms with Crippen LogP contribution < -0.4 is 9.47 Å². The highest BCUT2D eigenvalue weighted by Gasteiger charge is 2.23. The Morgan fingerprint density at radius 2 is 1.73 bits per heavy atom. The third-order valence-electron chi connectivity index (χ3n) is 5.26. The molecule has 0 atom stereocenters. The lowest BCUT2D eigenvalue weighted by atomic mass is 10.1. The first-order chi connectivity index (χ1) is 14.7. The molecule has 1 aliphatic heterocycles.